The van der Waals surface area contributed by atoms with Gasteiger partial charge in [0, 0.05) is 23.6 Å². The van der Waals surface area contributed by atoms with Crippen molar-refractivity contribution in [2.45, 2.75) is 13.5 Å². The maximum atomic E-state index is 7.73. The minimum atomic E-state index is 0.0997. The predicted molar refractivity (Wildman–Crippen MR) is 88.4 cm³/mol. The molecule has 0 spiro atoms. The van der Waals surface area contributed by atoms with Crippen LogP contribution in [0.4, 0.5) is 5.69 Å². The summed E-state index contributed by atoms with van der Waals surface area (Å²) in [4.78, 5) is 2.13. The molecule has 2 aromatic carbocycles. The molecule has 0 unspecified atom stereocenters. The summed E-state index contributed by atoms with van der Waals surface area (Å²) in [5, 5.41) is 7.73. The highest BCUT2D eigenvalue weighted by molar-refractivity contribution is 9.10. The Morgan fingerprint density at radius 1 is 1.20 bits per heavy atom. The fourth-order valence-electron chi connectivity index (χ4n) is 2.34. The number of rotatable bonds is 4. The van der Waals surface area contributed by atoms with Crippen LogP contribution in [0, 0.1) is 12.3 Å². The Kier molecular flexibility index (Phi) is 4.45. The number of aryl methyl sites for hydroxylation is 1. The molecule has 3 N–H and O–H groups in total. The van der Waals surface area contributed by atoms with Crippen LogP contribution in [0.25, 0.3) is 0 Å². The Balaban J connectivity index is 2.37. The third-order valence-electron chi connectivity index (χ3n) is 3.28. The van der Waals surface area contributed by atoms with Gasteiger partial charge in [-0.05, 0) is 30.2 Å². The largest absolute Gasteiger partial charge is 0.384 e. The van der Waals surface area contributed by atoms with Crippen molar-refractivity contribution in [1.82, 2.24) is 0 Å². The van der Waals surface area contributed by atoms with Gasteiger partial charge in [0.1, 0.15) is 5.84 Å². The van der Waals surface area contributed by atoms with Crippen LogP contribution in [0.1, 0.15) is 16.7 Å². The van der Waals surface area contributed by atoms with Crippen molar-refractivity contribution >= 4 is 27.5 Å². The first-order valence-electron chi connectivity index (χ1n) is 6.39. The Labute approximate surface area is 128 Å². The molecule has 0 amide bonds. The SMILES string of the molecule is Cc1cccc(C(=N)N)c1N(C)Cc1ccccc1Br. The van der Waals surface area contributed by atoms with E-state index < -0.39 is 0 Å². The zero-order valence-electron chi connectivity index (χ0n) is 11.7. The number of halogens is 1. The predicted octanol–water partition coefficient (Wildman–Crippen LogP) is 3.68. The van der Waals surface area contributed by atoms with E-state index in [-0.39, 0.29) is 5.84 Å². The number of nitrogen functional groups attached to an aromatic ring is 1. The van der Waals surface area contributed by atoms with Crippen LogP contribution in [0.15, 0.2) is 46.9 Å². The van der Waals surface area contributed by atoms with Crippen molar-refractivity contribution in [2.24, 2.45) is 5.73 Å². The fourth-order valence-corrected chi connectivity index (χ4v) is 2.75. The van der Waals surface area contributed by atoms with Crippen molar-refractivity contribution in [3.8, 4) is 0 Å². The third kappa shape index (κ3) is 3.02. The molecule has 20 heavy (non-hydrogen) atoms. The lowest BCUT2D eigenvalue weighted by atomic mass is 10.1. The number of anilines is 1. The van der Waals surface area contributed by atoms with E-state index in [1.807, 2.05) is 50.4 Å². The van der Waals surface area contributed by atoms with Crippen molar-refractivity contribution in [3.05, 3.63) is 63.6 Å². The van der Waals surface area contributed by atoms with E-state index in [0.29, 0.717) is 0 Å². The second-order valence-electron chi connectivity index (χ2n) is 4.83. The first-order valence-corrected chi connectivity index (χ1v) is 7.18. The summed E-state index contributed by atoms with van der Waals surface area (Å²) < 4.78 is 1.09. The van der Waals surface area contributed by atoms with Gasteiger partial charge in [0.25, 0.3) is 0 Å². The summed E-state index contributed by atoms with van der Waals surface area (Å²) in [6.45, 7) is 2.80. The van der Waals surface area contributed by atoms with E-state index in [4.69, 9.17) is 11.1 Å². The molecule has 0 aliphatic heterocycles. The molecular weight excluding hydrogens is 314 g/mol. The van der Waals surface area contributed by atoms with Crippen LogP contribution in [-0.2, 0) is 6.54 Å². The molecule has 0 fully saturated rings. The molecule has 104 valence electrons. The van der Waals surface area contributed by atoms with E-state index >= 15 is 0 Å². The summed E-state index contributed by atoms with van der Waals surface area (Å²) >= 11 is 3.57. The molecule has 3 nitrogen and oxygen atoms in total. The van der Waals surface area contributed by atoms with Gasteiger partial charge in [0.15, 0.2) is 0 Å². The van der Waals surface area contributed by atoms with Crippen molar-refractivity contribution < 1.29 is 0 Å². The van der Waals surface area contributed by atoms with Gasteiger partial charge in [-0.2, -0.15) is 0 Å². The van der Waals surface area contributed by atoms with Crippen LogP contribution in [0.3, 0.4) is 0 Å². The number of para-hydroxylation sites is 1. The quantitative estimate of drug-likeness (QED) is 0.663. The molecule has 2 aromatic rings. The van der Waals surface area contributed by atoms with Gasteiger partial charge in [0.05, 0.1) is 5.69 Å². The lowest BCUT2D eigenvalue weighted by Crippen LogP contribution is -2.23. The first kappa shape index (κ1) is 14.6. The van der Waals surface area contributed by atoms with Gasteiger partial charge in [-0.3, -0.25) is 5.41 Å². The molecule has 0 aromatic heterocycles. The smallest absolute Gasteiger partial charge is 0.124 e. The summed E-state index contributed by atoms with van der Waals surface area (Å²) in [5.41, 5.74) is 9.80. The molecule has 0 saturated carbocycles. The van der Waals surface area contributed by atoms with Crippen LogP contribution in [-0.4, -0.2) is 12.9 Å². The molecule has 0 aliphatic carbocycles. The van der Waals surface area contributed by atoms with Gasteiger partial charge < -0.3 is 10.6 Å². The highest BCUT2D eigenvalue weighted by Gasteiger charge is 2.13. The monoisotopic (exact) mass is 331 g/mol. The fraction of sp³-hybridized carbons (Fsp3) is 0.188. The lowest BCUT2D eigenvalue weighted by Gasteiger charge is -2.24. The van der Waals surface area contributed by atoms with Gasteiger partial charge in [-0.15, -0.1) is 0 Å². The van der Waals surface area contributed by atoms with Crippen molar-refractivity contribution in [2.75, 3.05) is 11.9 Å². The van der Waals surface area contributed by atoms with Gasteiger partial charge in [-0.25, -0.2) is 0 Å². The number of amidine groups is 1. The minimum absolute atomic E-state index is 0.0997. The Morgan fingerprint density at radius 3 is 2.55 bits per heavy atom. The topological polar surface area (TPSA) is 53.1 Å². The number of benzene rings is 2. The van der Waals surface area contributed by atoms with E-state index in [2.05, 4.69) is 26.9 Å². The Bertz CT molecular complexity index is 637. The molecule has 0 bridgehead atoms. The van der Waals surface area contributed by atoms with E-state index in [0.717, 1.165) is 27.8 Å². The van der Waals surface area contributed by atoms with Crippen LogP contribution in [0.2, 0.25) is 0 Å². The van der Waals surface area contributed by atoms with Gasteiger partial charge in [0.2, 0.25) is 0 Å². The molecule has 0 atom stereocenters. The number of nitrogens with zero attached hydrogens (tertiary/aromatic N) is 1. The molecule has 0 saturated heterocycles. The van der Waals surface area contributed by atoms with E-state index in [1.165, 1.54) is 5.56 Å². The van der Waals surface area contributed by atoms with Crippen LogP contribution >= 0.6 is 15.9 Å². The summed E-state index contributed by atoms with van der Waals surface area (Å²) in [5.74, 6) is 0.0997. The standard InChI is InChI=1S/C16H18BrN3/c1-11-6-5-8-13(16(18)19)15(11)20(2)10-12-7-3-4-9-14(12)17/h3-9H,10H2,1-2H3,(H3,18,19). The van der Waals surface area contributed by atoms with Gasteiger partial charge >= 0.3 is 0 Å². The summed E-state index contributed by atoms with van der Waals surface area (Å²) in [7, 11) is 2.02. The van der Waals surface area contributed by atoms with Gasteiger partial charge in [-0.1, -0.05) is 46.3 Å². The zero-order chi connectivity index (χ0) is 14.7. The summed E-state index contributed by atoms with van der Waals surface area (Å²) in [6, 6.07) is 14.0. The maximum Gasteiger partial charge on any atom is 0.124 e. The second-order valence-corrected chi connectivity index (χ2v) is 5.69. The van der Waals surface area contributed by atoms with E-state index in [1.54, 1.807) is 0 Å². The van der Waals surface area contributed by atoms with Crippen molar-refractivity contribution in [3.63, 3.8) is 0 Å². The highest BCUT2D eigenvalue weighted by atomic mass is 79.9. The molecule has 2 rings (SSSR count). The average molecular weight is 332 g/mol. The second kappa shape index (κ2) is 6.09. The number of hydrogen-bond donors (Lipinski definition) is 2. The Hall–Kier alpha value is -1.81. The maximum absolute atomic E-state index is 7.73. The first-order chi connectivity index (χ1) is 9.50. The molecule has 0 aliphatic rings. The normalized spacial score (nSPS) is 10.3. The third-order valence-corrected chi connectivity index (χ3v) is 4.05. The van der Waals surface area contributed by atoms with Crippen LogP contribution in [0.5, 0.6) is 0 Å². The number of hydrogen-bond acceptors (Lipinski definition) is 2. The van der Waals surface area contributed by atoms with Crippen molar-refractivity contribution in [1.29, 1.82) is 5.41 Å². The highest BCUT2D eigenvalue weighted by Crippen LogP contribution is 2.27. The Morgan fingerprint density at radius 2 is 1.90 bits per heavy atom. The molecule has 0 radical (unpaired) electrons. The summed E-state index contributed by atoms with van der Waals surface area (Å²) in [6.07, 6.45) is 0. The minimum Gasteiger partial charge on any atom is -0.384 e. The molecule has 0 heterocycles. The van der Waals surface area contributed by atoms with E-state index in [9.17, 15) is 0 Å². The lowest BCUT2D eigenvalue weighted by molar-refractivity contribution is 0.911. The molecule has 4 heteroatoms. The number of nitrogens with one attached hydrogen (secondary N) is 1. The molecular formula is C16H18BrN3. The van der Waals surface area contributed by atoms with Crippen LogP contribution < -0.4 is 10.6 Å². The zero-order valence-corrected chi connectivity index (χ0v) is 13.2. The number of nitrogens with two attached hydrogens (primary N) is 1. The average Bonchev–Trinajstić information content (AvgIpc) is 2.40.